The summed E-state index contributed by atoms with van der Waals surface area (Å²) >= 11 is 0. The van der Waals surface area contributed by atoms with Crippen molar-refractivity contribution in [3.8, 4) is 0 Å². The van der Waals surface area contributed by atoms with Crippen LogP contribution in [0.3, 0.4) is 0 Å². The summed E-state index contributed by atoms with van der Waals surface area (Å²) in [7, 11) is 0. The van der Waals surface area contributed by atoms with E-state index in [1.54, 1.807) is 0 Å². The molecule has 0 aromatic carbocycles. The number of hydrogen-bond donors (Lipinski definition) is 0. The summed E-state index contributed by atoms with van der Waals surface area (Å²) in [5.41, 5.74) is 0. The lowest BCUT2D eigenvalue weighted by Gasteiger charge is -2.34. The van der Waals surface area contributed by atoms with Gasteiger partial charge in [0.15, 0.2) is 12.6 Å². The van der Waals surface area contributed by atoms with Gasteiger partial charge in [0.25, 0.3) is 0 Å². The van der Waals surface area contributed by atoms with Crippen LogP contribution < -0.4 is 0 Å². The summed E-state index contributed by atoms with van der Waals surface area (Å²) in [4.78, 5) is 0. The molecule has 3 heterocycles. The van der Waals surface area contributed by atoms with Crippen LogP contribution in [-0.4, -0.2) is 89.9 Å². The molecule has 4 fully saturated rings. The first-order chi connectivity index (χ1) is 16.3. The lowest BCUT2D eigenvalue weighted by Crippen LogP contribution is -2.38. The summed E-state index contributed by atoms with van der Waals surface area (Å²) in [6.07, 6.45) is 11.9. The number of hydrogen-bond acceptors (Lipinski definition) is 8. The molecule has 0 amide bonds. The molecule has 8 heteroatoms. The molecular formula is C25H44O8. The maximum atomic E-state index is 6.21. The molecule has 0 radical (unpaired) electrons. The standard InChI is InChI=1S/C25H44O8/c1-3-9-28-24(7-1)30-13-5-11-26-20-15-21(17-22(16-20)32-18-23-19-33-23)27-12-6-14-31-25-8-2-4-10-29-25/h20-25H,1-19H2. The molecule has 1 saturated carbocycles. The van der Waals surface area contributed by atoms with E-state index in [0.29, 0.717) is 33.0 Å². The average Bonchev–Trinajstić information content (AvgIpc) is 3.68. The van der Waals surface area contributed by atoms with Crippen LogP contribution in [0.25, 0.3) is 0 Å². The van der Waals surface area contributed by atoms with Crippen LogP contribution in [0.2, 0.25) is 0 Å². The highest BCUT2D eigenvalue weighted by atomic mass is 16.7. The third-order valence-electron chi connectivity index (χ3n) is 6.67. The van der Waals surface area contributed by atoms with Crippen molar-refractivity contribution < 1.29 is 37.9 Å². The molecule has 0 N–H and O–H groups in total. The highest BCUT2D eigenvalue weighted by Gasteiger charge is 2.32. The minimum atomic E-state index is -0.0257. The molecule has 3 aliphatic heterocycles. The van der Waals surface area contributed by atoms with Gasteiger partial charge in [0.1, 0.15) is 6.10 Å². The second-order valence-corrected chi connectivity index (χ2v) is 9.64. The van der Waals surface area contributed by atoms with Crippen LogP contribution in [0.4, 0.5) is 0 Å². The summed E-state index contributed by atoms with van der Waals surface area (Å²) < 4.78 is 46.7. The third kappa shape index (κ3) is 10.4. The van der Waals surface area contributed by atoms with Crippen molar-refractivity contribution in [3.05, 3.63) is 0 Å². The van der Waals surface area contributed by atoms with E-state index in [2.05, 4.69) is 0 Å². The SMILES string of the molecule is C1CCC(OCCCOC2CC(OCCCOC3CCCCO3)CC(OCC3CO3)C2)OC1. The number of rotatable bonds is 15. The van der Waals surface area contributed by atoms with Crippen LogP contribution >= 0.6 is 0 Å². The highest BCUT2D eigenvalue weighted by Crippen LogP contribution is 2.27. The lowest BCUT2D eigenvalue weighted by molar-refractivity contribution is -0.167. The van der Waals surface area contributed by atoms with Gasteiger partial charge < -0.3 is 37.9 Å². The van der Waals surface area contributed by atoms with E-state index in [-0.39, 0.29) is 37.0 Å². The molecule has 0 bridgehead atoms. The van der Waals surface area contributed by atoms with Crippen molar-refractivity contribution in [2.45, 2.75) is 108 Å². The molecule has 33 heavy (non-hydrogen) atoms. The second-order valence-electron chi connectivity index (χ2n) is 9.64. The van der Waals surface area contributed by atoms with E-state index in [4.69, 9.17) is 37.9 Å². The fraction of sp³-hybridized carbons (Fsp3) is 1.00. The van der Waals surface area contributed by atoms with Gasteiger partial charge in [-0.05, 0) is 70.6 Å². The Balaban J connectivity index is 1.09. The molecule has 0 aromatic rings. The first-order valence-electron chi connectivity index (χ1n) is 13.3. The van der Waals surface area contributed by atoms with Gasteiger partial charge in [-0.1, -0.05) is 0 Å². The fourth-order valence-electron chi connectivity index (χ4n) is 4.72. The Morgan fingerprint density at radius 2 is 1.03 bits per heavy atom. The molecule has 8 nitrogen and oxygen atoms in total. The zero-order chi connectivity index (χ0) is 22.6. The minimum Gasteiger partial charge on any atom is -0.378 e. The summed E-state index contributed by atoms with van der Waals surface area (Å²) in [6.45, 7) is 5.88. The van der Waals surface area contributed by atoms with Crippen molar-refractivity contribution in [3.63, 3.8) is 0 Å². The van der Waals surface area contributed by atoms with E-state index in [0.717, 1.165) is 77.6 Å². The smallest absolute Gasteiger partial charge is 0.157 e. The summed E-state index contributed by atoms with van der Waals surface area (Å²) in [5.74, 6) is 0. The Kier molecular flexibility index (Phi) is 11.7. The largest absolute Gasteiger partial charge is 0.378 e. The molecular weight excluding hydrogens is 428 g/mol. The molecule has 192 valence electrons. The lowest BCUT2D eigenvalue weighted by atomic mass is 9.92. The predicted octanol–water partition coefficient (Wildman–Crippen LogP) is 3.59. The topological polar surface area (TPSA) is 77.1 Å². The van der Waals surface area contributed by atoms with Gasteiger partial charge in [-0.3, -0.25) is 0 Å². The maximum Gasteiger partial charge on any atom is 0.157 e. The van der Waals surface area contributed by atoms with Crippen molar-refractivity contribution in [1.82, 2.24) is 0 Å². The molecule has 4 aliphatic rings. The van der Waals surface area contributed by atoms with E-state index >= 15 is 0 Å². The van der Waals surface area contributed by atoms with E-state index < -0.39 is 0 Å². The van der Waals surface area contributed by atoms with Gasteiger partial charge in [0.2, 0.25) is 0 Å². The molecule has 0 spiro atoms. The molecule has 1 aliphatic carbocycles. The maximum absolute atomic E-state index is 6.21. The third-order valence-corrected chi connectivity index (χ3v) is 6.67. The minimum absolute atomic E-state index is 0.0257. The van der Waals surface area contributed by atoms with E-state index in [1.807, 2.05) is 0 Å². The molecule has 3 saturated heterocycles. The Morgan fingerprint density at radius 3 is 1.48 bits per heavy atom. The first-order valence-corrected chi connectivity index (χ1v) is 13.3. The monoisotopic (exact) mass is 472 g/mol. The zero-order valence-electron chi connectivity index (χ0n) is 20.2. The number of epoxide rings is 1. The Hall–Kier alpha value is -0.320. The molecule has 5 atom stereocenters. The Morgan fingerprint density at radius 1 is 0.545 bits per heavy atom. The zero-order valence-corrected chi connectivity index (χ0v) is 20.2. The molecule has 5 unspecified atom stereocenters. The average molecular weight is 473 g/mol. The number of ether oxygens (including phenoxy) is 8. The van der Waals surface area contributed by atoms with Crippen LogP contribution in [0.5, 0.6) is 0 Å². The molecule has 4 rings (SSSR count). The van der Waals surface area contributed by atoms with Gasteiger partial charge in [-0.2, -0.15) is 0 Å². The van der Waals surface area contributed by atoms with Gasteiger partial charge >= 0.3 is 0 Å². The quantitative estimate of drug-likeness (QED) is 0.264. The van der Waals surface area contributed by atoms with Crippen molar-refractivity contribution in [2.75, 3.05) is 52.9 Å². The van der Waals surface area contributed by atoms with Gasteiger partial charge in [-0.15, -0.1) is 0 Å². The van der Waals surface area contributed by atoms with E-state index in [1.165, 1.54) is 12.8 Å². The van der Waals surface area contributed by atoms with Crippen LogP contribution in [0.1, 0.15) is 70.6 Å². The Labute approximate surface area is 198 Å². The first kappa shape index (κ1) is 25.8. The van der Waals surface area contributed by atoms with Gasteiger partial charge in [0.05, 0.1) is 44.7 Å². The Bertz CT molecular complexity index is 469. The summed E-state index contributed by atoms with van der Waals surface area (Å²) in [6, 6.07) is 0. The normalized spacial score (nSPS) is 34.9. The van der Waals surface area contributed by atoms with Gasteiger partial charge in [-0.25, -0.2) is 0 Å². The molecule has 0 aromatic heterocycles. The summed E-state index contributed by atoms with van der Waals surface area (Å²) in [5, 5.41) is 0. The van der Waals surface area contributed by atoms with Crippen molar-refractivity contribution in [2.24, 2.45) is 0 Å². The van der Waals surface area contributed by atoms with Crippen LogP contribution in [0, 0.1) is 0 Å². The van der Waals surface area contributed by atoms with Crippen LogP contribution in [-0.2, 0) is 37.9 Å². The highest BCUT2D eigenvalue weighted by molar-refractivity contribution is 4.82. The second kappa shape index (κ2) is 14.9. The van der Waals surface area contributed by atoms with Crippen molar-refractivity contribution in [1.29, 1.82) is 0 Å². The van der Waals surface area contributed by atoms with Crippen LogP contribution in [0.15, 0.2) is 0 Å². The predicted molar refractivity (Wildman–Crippen MR) is 121 cm³/mol. The van der Waals surface area contributed by atoms with Gasteiger partial charge in [0, 0.05) is 26.4 Å². The van der Waals surface area contributed by atoms with Crippen molar-refractivity contribution >= 4 is 0 Å². The van der Waals surface area contributed by atoms with E-state index in [9.17, 15) is 0 Å². The fourth-order valence-corrected chi connectivity index (χ4v) is 4.72.